The number of ether oxygens (including phenoxy) is 1. The molecule has 106 valence electrons. The van der Waals surface area contributed by atoms with Gasteiger partial charge in [-0.15, -0.1) is 11.3 Å². The Labute approximate surface area is 135 Å². The van der Waals surface area contributed by atoms with Gasteiger partial charge in [0.05, 0.1) is 7.11 Å². The van der Waals surface area contributed by atoms with Crippen LogP contribution in [0.4, 0.5) is 5.69 Å². The van der Waals surface area contributed by atoms with Crippen LogP contribution in [0.15, 0.2) is 34.8 Å². The minimum atomic E-state index is -0.548. The fourth-order valence-electron chi connectivity index (χ4n) is 1.73. The molecule has 0 radical (unpaired) electrons. The molecule has 0 spiro atoms. The molecule has 2 rings (SSSR count). The van der Waals surface area contributed by atoms with Gasteiger partial charge in [-0.25, -0.2) is 4.79 Å². The number of thiophene rings is 1. The van der Waals surface area contributed by atoms with Crippen LogP contribution in [0.2, 0.25) is 5.02 Å². The van der Waals surface area contributed by atoms with Gasteiger partial charge < -0.3 is 10.1 Å². The summed E-state index contributed by atoms with van der Waals surface area (Å²) in [7, 11) is 1.38. The van der Waals surface area contributed by atoms with Crippen molar-refractivity contribution in [2.45, 2.75) is 13.0 Å². The average molecular weight is 375 g/mol. The molecule has 0 fully saturated rings. The first-order valence-electron chi connectivity index (χ1n) is 5.87. The number of hydrogen-bond acceptors (Lipinski definition) is 4. The van der Waals surface area contributed by atoms with E-state index >= 15 is 0 Å². The summed E-state index contributed by atoms with van der Waals surface area (Å²) in [6.45, 7) is 1.99. The van der Waals surface area contributed by atoms with Gasteiger partial charge in [-0.05, 0) is 47.1 Å². The van der Waals surface area contributed by atoms with E-state index in [9.17, 15) is 4.79 Å². The monoisotopic (exact) mass is 373 g/mol. The van der Waals surface area contributed by atoms with Gasteiger partial charge in [0.2, 0.25) is 0 Å². The van der Waals surface area contributed by atoms with Gasteiger partial charge >= 0.3 is 5.97 Å². The molecular weight excluding hydrogens is 362 g/mol. The van der Waals surface area contributed by atoms with E-state index in [0.717, 1.165) is 19.9 Å². The van der Waals surface area contributed by atoms with Crippen molar-refractivity contribution >= 4 is 50.5 Å². The Kier molecular flexibility index (Phi) is 5.07. The molecule has 3 nitrogen and oxygen atoms in total. The van der Waals surface area contributed by atoms with Crippen molar-refractivity contribution in [1.82, 2.24) is 0 Å². The van der Waals surface area contributed by atoms with E-state index in [4.69, 9.17) is 16.3 Å². The van der Waals surface area contributed by atoms with Gasteiger partial charge in [0.15, 0.2) is 6.04 Å². The van der Waals surface area contributed by atoms with E-state index in [-0.39, 0.29) is 5.97 Å². The van der Waals surface area contributed by atoms with Crippen molar-refractivity contribution in [3.8, 4) is 0 Å². The first-order valence-corrected chi connectivity index (χ1v) is 7.85. The van der Waals surface area contributed by atoms with E-state index in [0.29, 0.717) is 5.02 Å². The van der Waals surface area contributed by atoms with Gasteiger partial charge in [0.1, 0.15) is 0 Å². The fourth-order valence-corrected chi connectivity index (χ4v) is 3.52. The number of aryl methyl sites for hydroxylation is 1. The SMILES string of the molecule is COC(=O)C(Nc1cccc(Cl)c1)c1cc(Br)c(C)s1. The molecule has 0 amide bonds. The first kappa shape index (κ1) is 15.4. The number of methoxy groups -OCH3 is 1. The van der Waals surface area contributed by atoms with Gasteiger partial charge in [-0.1, -0.05) is 17.7 Å². The second-order valence-corrected chi connectivity index (χ2v) is 6.74. The molecule has 0 aliphatic rings. The van der Waals surface area contributed by atoms with E-state index < -0.39 is 6.04 Å². The van der Waals surface area contributed by atoms with Crippen LogP contribution < -0.4 is 5.32 Å². The Morgan fingerprint density at radius 3 is 2.75 bits per heavy atom. The lowest BCUT2D eigenvalue weighted by molar-refractivity contribution is -0.141. The summed E-state index contributed by atoms with van der Waals surface area (Å²) in [5.74, 6) is -0.335. The molecule has 0 saturated heterocycles. The predicted octanol–water partition coefficient (Wildman–Crippen LogP) is 4.80. The highest BCUT2D eigenvalue weighted by atomic mass is 79.9. The van der Waals surface area contributed by atoms with Crippen LogP contribution >= 0.6 is 38.9 Å². The molecule has 6 heteroatoms. The van der Waals surface area contributed by atoms with Crippen LogP contribution in [-0.2, 0) is 9.53 Å². The Hall–Kier alpha value is -1.04. The molecule has 1 atom stereocenters. The Balaban J connectivity index is 2.31. The number of halogens is 2. The summed E-state index contributed by atoms with van der Waals surface area (Å²) in [4.78, 5) is 14.0. The summed E-state index contributed by atoms with van der Waals surface area (Å²) in [6, 6.07) is 8.62. The van der Waals surface area contributed by atoms with E-state index in [1.807, 2.05) is 25.1 Å². The highest BCUT2D eigenvalue weighted by Gasteiger charge is 2.24. The maximum atomic E-state index is 12.0. The summed E-state index contributed by atoms with van der Waals surface area (Å²) in [6.07, 6.45) is 0. The van der Waals surface area contributed by atoms with Crippen LogP contribution in [-0.4, -0.2) is 13.1 Å². The third-order valence-electron chi connectivity index (χ3n) is 2.73. The third-order valence-corrected chi connectivity index (χ3v) is 5.17. The van der Waals surface area contributed by atoms with Crippen LogP contribution in [0.3, 0.4) is 0 Å². The summed E-state index contributed by atoms with van der Waals surface area (Å²) < 4.78 is 5.86. The van der Waals surface area contributed by atoms with Crippen molar-refractivity contribution < 1.29 is 9.53 Å². The third kappa shape index (κ3) is 3.53. The largest absolute Gasteiger partial charge is 0.467 e. The molecule has 1 aromatic heterocycles. The number of anilines is 1. The lowest BCUT2D eigenvalue weighted by Crippen LogP contribution is -2.21. The van der Waals surface area contributed by atoms with Gasteiger partial charge in [-0.2, -0.15) is 0 Å². The maximum Gasteiger partial charge on any atom is 0.333 e. The number of carbonyl (C=O) groups is 1. The maximum absolute atomic E-state index is 12.0. The van der Waals surface area contributed by atoms with E-state index in [1.54, 1.807) is 23.5 Å². The van der Waals surface area contributed by atoms with E-state index in [1.165, 1.54) is 7.11 Å². The van der Waals surface area contributed by atoms with Gasteiger partial charge in [0, 0.05) is 24.9 Å². The minimum Gasteiger partial charge on any atom is -0.467 e. The molecule has 20 heavy (non-hydrogen) atoms. The molecule has 1 heterocycles. The van der Waals surface area contributed by atoms with Crippen LogP contribution in [0.5, 0.6) is 0 Å². The topological polar surface area (TPSA) is 38.3 Å². The van der Waals surface area contributed by atoms with Crippen molar-refractivity contribution in [1.29, 1.82) is 0 Å². The van der Waals surface area contributed by atoms with Crippen molar-refractivity contribution in [2.75, 3.05) is 12.4 Å². The number of rotatable bonds is 4. The smallest absolute Gasteiger partial charge is 0.333 e. The van der Waals surface area contributed by atoms with Crippen LogP contribution in [0.25, 0.3) is 0 Å². The van der Waals surface area contributed by atoms with Gasteiger partial charge in [0.25, 0.3) is 0 Å². The number of esters is 1. The minimum absolute atomic E-state index is 0.335. The second kappa shape index (κ2) is 6.61. The summed E-state index contributed by atoms with van der Waals surface area (Å²) in [5.41, 5.74) is 0.773. The average Bonchev–Trinajstić information content (AvgIpc) is 2.75. The molecule has 2 aromatic rings. The quantitative estimate of drug-likeness (QED) is 0.781. The molecule has 0 aliphatic carbocycles. The fraction of sp³-hybridized carbons (Fsp3) is 0.214. The zero-order valence-corrected chi connectivity index (χ0v) is 14.1. The summed E-state index contributed by atoms with van der Waals surface area (Å²) >= 11 is 11.0. The van der Waals surface area contributed by atoms with Crippen LogP contribution in [0, 0.1) is 6.92 Å². The number of nitrogens with one attached hydrogen (secondary N) is 1. The molecule has 1 unspecified atom stereocenters. The molecule has 0 aliphatic heterocycles. The molecule has 1 N–H and O–H groups in total. The predicted molar refractivity (Wildman–Crippen MR) is 86.6 cm³/mol. The van der Waals surface area contributed by atoms with Crippen molar-refractivity contribution in [3.63, 3.8) is 0 Å². The Morgan fingerprint density at radius 1 is 1.45 bits per heavy atom. The Bertz CT molecular complexity index is 610. The number of carbonyl (C=O) groups excluding carboxylic acids is 1. The molecule has 0 saturated carbocycles. The lowest BCUT2D eigenvalue weighted by Gasteiger charge is -2.16. The summed E-state index contributed by atoms with van der Waals surface area (Å²) in [5, 5.41) is 3.77. The molecule has 1 aromatic carbocycles. The Morgan fingerprint density at radius 2 is 2.20 bits per heavy atom. The first-order chi connectivity index (χ1) is 9.51. The van der Waals surface area contributed by atoms with Gasteiger partial charge in [-0.3, -0.25) is 0 Å². The molecule has 0 bridgehead atoms. The number of hydrogen-bond donors (Lipinski definition) is 1. The lowest BCUT2D eigenvalue weighted by atomic mass is 10.2. The highest BCUT2D eigenvalue weighted by molar-refractivity contribution is 9.10. The highest BCUT2D eigenvalue weighted by Crippen LogP contribution is 2.33. The zero-order chi connectivity index (χ0) is 14.7. The van der Waals surface area contributed by atoms with E-state index in [2.05, 4.69) is 21.2 Å². The normalized spacial score (nSPS) is 12.0. The second-order valence-electron chi connectivity index (χ2n) is 4.16. The van der Waals surface area contributed by atoms with Crippen LogP contribution in [0.1, 0.15) is 15.8 Å². The van der Waals surface area contributed by atoms with Crippen molar-refractivity contribution in [2.24, 2.45) is 0 Å². The number of benzene rings is 1. The van der Waals surface area contributed by atoms with Crippen molar-refractivity contribution in [3.05, 3.63) is 49.6 Å². The standard InChI is InChI=1S/C14H13BrClNO2S/c1-8-11(15)7-12(20-8)13(14(18)19-2)17-10-5-3-4-9(16)6-10/h3-7,13,17H,1-2H3. The zero-order valence-electron chi connectivity index (χ0n) is 10.9. The molecular formula is C14H13BrClNO2S.